The van der Waals surface area contributed by atoms with E-state index in [0.29, 0.717) is 35.0 Å². The fourth-order valence-corrected chi connectivity index (χ4v) is 4.43. The van der Waals surface area contributed by atoms with E-state index in [1.54, 1.807) is 23.9 Å². The smallest absolute Gasteiger partial charge is 0.241 e. The van der Waals surface area contributed by atoms with Crippen LogP contribution in [0.5, 0.6) is 11.5 Å². The maximum Gasteiger partial charge on any atom is 0.241 e. The molecule has 0 aliphatic carbocycles. The first-order chi connectivity index (χ1) is 16.0. The van der Waals surface area contributed by atoms with Crippen LogP contribution < -0.4 is 14.8 Å². The van der Waals surface area contributed by atoms with Crippen LogP contribution >= 0.6 is 0 Å². The summed E-state index contributed by atoms with van der Waals surface area (Å²) in [7, 11) is 1.77. The molecule has 1 fully saturated rings. The van der Waals surface area contributed by atoms with Gasteiger partial charge in [-0.25, -0.2) is 4.39 Å². The quantitative estimate of drug-likeness (QED) is 0.646. The summed E-state index contributed by atoms with van der Waals surface area (Å²) in [5, 5.41) is 16.3. The summed E-state index contributed by atoms with van der Waals surface area (Å²) < 4.78 is 26.9. The minimum Gasteiger partial charge on any atom is -0.454 e. The molecular formula is C24H22FN5O3. The number of amides is 1. The highest BCUT2D eigenvalue weighted by Crippen LogP contribution is 2.37. The molecule has 5 rings (SSSR count). The van der Waals surface area contributed by atoms with Gasteiger partial charge in [-0.15, -0.1) is 0 Å². The van der Waals surface area contributed by atoms with Gasteiger partial charge in [-0.2, -0.15) is 10.4 Å². The van der Waals surface area contributed by atoms with Gasteiger partial charge in [-0.05, 0) is 18.2 Å². The van der Waals surface area contributed by atoms with Crippen molar-refractivity contribution in [2.75, 3.05) is 18.7 Å². The Balaban J connectivity index is 1.30. The number of benzene rings is 2. The Morgan fingerprint density at radius 2 is 2.09 bits per heavy atom. The van der Waals surface area contributed by atoms with Crippen LogP contribution in [0.4, 0.5) is 10.1 Å². The number of hydrogen-bond acceptors (Lipinski definition) is 6. The highest BCUT2D eigenvalue weighted by Gasteiger charge is 2.37. The molecule has 1 N–H and O–H groups in total. The molecule has 8 nitrogen and oxygen atoms in total. The van der Waals surface area contributed by atoms with E-state index in [0.717, 1.165) is 11.1 Å². The molecule has 1 aromatic heterocycles. The van der Waals surface area contributed by atoms with Crippen LogP contribution in [-0.4, -0.2) is 46.1 Å². The first-order valence-electron chi connectivity index (χ1n) is 10.6. The summed E-state index contributed by atoms with van der Waals surface area (Å²) >= 11 is 0. The molecule has 0 spiro atoms. The monoisotopic (exact) mass is 447 g/mol. The number of fused-ring (bicyclic) bond motifs is 1. The van der Waals surface area contributed by atoms with Crippen molar-refractivity contribution in [3.63, 3.8) is 0 Å². The van der Waals surface area contributed by atoms with Gasteiger partial charge >= 0.3 is 0 Å². The van der Waals surface area contributed by atoms with Gasteiger partial charge in [0.25, 0.3) is 0 Å². The maximum atomic E-state index is 14.3. The number of aromatic nitrogens is 2. The van der Waals surface area contributed by atoms with Crippen LogP contribution in [-0.2, 0) is 18.4 Å². The number of hydrogen-bond donors (Lipinski definition) is 1. The lowest BCUT2D eigenvalue weighted by atomic mass is 10.1. The third-order valence-corrected chi connectivity index (χ3v) is 5.99. The van der Waals surface area contributed by atoms with Gasteiger partial charge in [0.2, 0.25) is 12.7 Å². The lowest BCUT2D eigenvalue weighted by Gasteiger charge is -2.24. The van der Waals surface area contributed by atoms with Crippen LogP contribution in [0.1, 0.15) is 17.5 Å². The number of aryl methyl sites for hydroxylation is 1. The van der Waals surface area contributed by atoms with Crippen LogP contribution in [0.15, 0.2) is 48.7 Å². The Labute approximate surface area is 190 Å². The standard InChI is InChI=1S/C24H22FN5O3/c1-29-22(17(10-26)11-27-29)15-5-7-19(8-6-15)28-24(31)20-9-18(25)13-30(20)12-16-3-2-4-21-23(16)33-14-32-21/h2-8,11,18,20H,9,12-14H2,1H3,(H,28,31)/t18-,20+/m0/s1. The molecule has 1 saturated heterocycles. The molecule has 1 amide bonds. The molecule has 168 valence electrons. The second-order valence-corrected chi connectivity index (χ2v) is 8.14. The van der Waals surface area contributed by atoms with Gasteiger partial charge in [0.05, 0.1) is 23.5 Å². The van der Waals surface area contributed by atoms with Crippen molar-refractivity contribution < 1.29 is 18.7 Å². The lowest BCUT2D eigenvalue weighted by Crippen LogP contribution is -2.39. The van der Waals surface area contributed by atoms with Crippen LogP contribution in [0.2, 0.25) is 0 Å². The third kappa shape index (κ3) is 4.01. The predicted molar refractivity (Wildman–Crippen MR) is 118 cm³/mol. The topological polar surface area (TPSA) is 92.4 Å². The van der Waals surface area contributed by atoms with Crippen LogP contribution in [0.3, 0.4) is 0 Å². The van der Waals surface area contributed by atoms with E-state index in [9.17, 15) is 14.4 Å². The molecule has 0 radical (unpaired) electrons. The molecule has 0 bridgehead atoms. The zero-order chi connectivity index (χ0) is 22.9. The number of nitrogens with zero attached hydrogens (tertiary/aromatic N) is 4. The molecule has 3 heterocycles. The van der Waals surface area contributed by atoms with E-state index in [4.69, 9.17) is 9.47 Å². The molecule has 2 atom stereocenters. The average molecular weight is 447 g/mol. The predicted octanol–water partition coefficient (Wildman–Crippen LogP) is 3.24. The SMILES string of the molecule is Cn1ncc(C#N)c1-c1ccc(NC(=O)[C@H]2C[C@H](F)CN2Cc2cccc3c2OCO3)cc1. The number of anilines is 1. The Kier molecular flexibility index (Phi) is 5.44. The van der Waals surface area contributed by atoms with Gasteiger partial charge in [0, 0.05) is 43.4 Å². The molecule has 2 aromatic carbocycles. The minimum absolute atomic E-state index is 0.136. The van der Waals surface area contributed by atoms with E-state index in [1.165, 1.54) is 6.20 Å². The highest BCUT2D eigenvalue weighted by atomic mass is 19.1. The average Bonchev–Trinajstić information content (AvgIpc) is 3.53. The summed E-state index contributed by atoms with van der Waals surface area (Å²) in [5.41, 5.74) is 3.47. The summed E-state index contributed by atoms with van der Waals surface area (Å²) in [5.74, 6) is 1.06. The number of nitrogens with one attached hydrogen (secondary N) is 1. The van der Waals surface area contributed by atoms with Crippen LogP contribution in [0, 0.1) is 11.3 Å². The number of likely N-dealkylation sites (tertiary alicyclic amines) is 1. The van der Waals surface area contributed by atoms with Gasteiger partial charge in [0.1, 0.15) is 12.2 Å². The number of rotatable bonds is 5. The Bertz CT molecular complexity index is 1230. The molecule has 33 heavy (non-hydrogen) atoms. The number of carbonyl (C=O) groups excluding carboxylic acids is 1. The van der Waals surface area contributed by atoms with Crippen molar-refractivity contribution in [3.05, 3.63) is 59.8 Å². The molecular weight excluding hydrogens is 425 g/mol. The van der Waals surface area contributed by atoms with Gasteiger partial charge in [-0.1, -0.05) is 24.3 Å². The normalized spacial score (nSPS) is 19.4. The van der Waals surface area contributed by atoms with E-state index >= 15 is 0 Å². The van der Waals surface area contributed by atoms with Gasteiger partial charge < -0.3 is 14.8 Å². The van der Waals surface area contributed by atoms with E-state index in [1.807, 2.05) is 35.2 Å². The van der Waals surface area contributed by atoms with Gasteiger partial charge in [-0.3, -0.25) is 14.4 Å². The molecule has 2 aliphatic rings. The second kappa shape index (κ2) is 8.56. The molecule has 0 saturated carbocycles. The Morgan fingerprint density at radius 1 is 1.27 bits per heavy atom. The van der Waals surface area contributed by atoms with Crippen molar-refractivity contribution >= 4 is 11.6 Å². The largest absolute Gasteiger partial charge is 0.454 e. The number of alkyl halides is 1. The number of nitriles is 1. The molecule has 3 aromatic rings. The van der Waals surface area contributed by atoms with Crippen molar-refractivity contribution in [2.24, 2.45) is 7.05 Å². The minimum atomic E-state index is -1.08. The summed E-state index contributed by atoms with van der Waals surface area (Å²) in [6.07, 6.45) is 0.578. The number of para-hydroxylation sites is 1. The van der Waals surface area contributed by atoms with Crippen molar-refractivity contribution in [2.45, 2.75) is 25.2 Å². The zero-order valence-electron chi connectivity index (χ0n) is 18.0. The lowest BCUT2D eigenvalue weighted by molar-refractivity contribution is -0.120. The van der Waals surface area contributed by atoms with Crippen LogP contribution in [0.25, 0.3) is 11.3 Å². The van der Waals surface area contributed by atoms with E-state index < -0.39 is 12.2 Å². The molecule has 2 aliphatic heterocycles. The third-order valence-electron chi connectivity index (χ3n) is 5.99. The summed E-state index contributed by atoms with van der Waals surface area (Å²) in [4.78, 5) is 14.9. The Morgan fingerprint density at radius 3 is 2.88 bits per heavy atom. The second-order valence-electron chi connectivity index (χ2n) is 8.14. The fraction of sp³-hybridized carbons (Fsp3) is 0.292. The molecule has 0 unspecified atom stereocenters. The fourth-order valence-electron chi connectivity index (χ4n) is 4.43. The van der Waals surface area contributed by atoms with Crippen molar-refractivity contribution in [1.29, 1.82) is 5.26 Å². The van der Waals surface area contributed by atoms with E-state index in [-0.39, 0.29) is 25.7 Å². The summed E-state index contributed by atoms with van der Waals surface area (Å²) in [6, 6.07) is 14.3. The number of ether oxygens (including phenoxy) is 2. The summed E-state index contributed by atoms with van der Waals surface area (Å²) in [6.45, 7) is 0.729. The van der Waals surface area contributed by atoms with Crippen molar-refractivity contribution in [3.8, 4) is 28.8 Å². The first kappa shape index (κ1) is 21.0. The number of halogens is 1. The highest BCUT2D eigenvalue weighted by molar-refractivity contribution is 5.95. The Hall–Kier alpha value is -3.90. The maximum absolute atomic E-state index is 14.3. The number of carbonyl (C=O) groups is 1. The van der Waals surface area contributed by atoms with Gasteiger partial charge in [0.15, 0.2) is 11.5 Å². The van der Waals surface area contributed by atoms with Crippen molar-refractivity contribution in [1.82, 2.24) is 14.7 Å². The van der Waals surface area contributed by atoms with E-state index in [2.05, 4.69) is 16.5 Å². The zero-order valence-corrected chi connectivity index (χ0v) is 18.0. The molecule has 9 heteroatoms. The first-order valence-corrected chi connectivity index (χ1v) is 10.6.